The van der Waals surface area contributed by atoms with Crippen LogP contribution < -0.4 is 10.2 Å². The summed E-state index contributed by atoms with van der Waals surface area (Å²) in [5.41, 5.74) is 2.60. The first-order valence-electron chi connectivity index (χ1n) is 7.64. The first-order valence-corrected chi connectivity index (χ1v) is 7.64. The molecule has 19 heavy (non-hydrogen) atoms. The lowest BCUT2D eigenvalue weighted by molar-refractivity contribution is 0.271. The molecule has 1 N–H and O–H groups in total. The molecule has 1 aliphatic heterocycles. The molecule has 0 aromatic heterocycles. The molecule has 3 heteroatoms. The smallest absolute Gasteiger partial charge is 0.0368 e. The van der Waals surface area contributed by atoms with Gasteiger partial charge in [-0.2, -0.15) is 0 Å². The van der Waals surface area contributed by atoms with Crippen molar-refractivity contribution in [3.8, 4) is 0 Å². The van der Waals surface area contributed by atoms with E-state index in [1.54, 1.807) is 0 Å². The Morgan fingerprint density at radius 1 is 1.00 bits per heavy atom. The van der Waals surface area contributed by atoms with E-state index in [-0.39, 0.29) is 0 Å². The second-order valence-electron chi connectivity index (χ2n) is 5.25. The standard InChI is InChI=1S/C16H27N3/c1-3-5-10-17-15-6-8-16(9-7-15)19-13-11-18(4-2)12-14-19/h6-9,17H,3-5,10-14H2,1-2H3. The van der Waals surface area contributed by atoms with E-state index < -0.39 is 0 Å². The van der Waals surface area contributed by atoms with Crippen LogP contribution in [0, 0.1) is 0 Å². The summed E-state index contributed by atoms with van der Waals surface area (Å²) in [4.78, 5) is 5.00. The van der Waals surface area contributed by atoms with Crippen molar-refractivity contribution >= 4 is 11.4 Å². The van der Waals surface area contributed by atoms with Crippen molar-refractivity contribution in [3.05, 3.63) is 24.3 Å². The molecular formula is C16H27N3. The molecule has 0 aliphatic carbocycles. The maximum absolute atomic E-state index is 3.47. The predicted molar refractivity (Wildman–Crippen MR) is 84.2 cm³/mol. The fourth-order valence-electron chi connectivity index (χ4n) is 2.52. The molecule has 0 bridgehead atoms. The van der Waals surface area contributed by atoms with Crippen LogP contribution in [0.3, 0.4) is 0 Å². The van der Waals surface area contributed by atoms with Crippen LogP contribution in [-0.2, 0) is 0 Å². The number of piperazine rings is 1. The first kappa shape index (κ1) is 14.2. The highest BCUT2D eigenvalue weighted by molar-refractivity contribution is 5.55. The molecule has 106 valence electrons. The molecule has 2 rings (SSSR count). The molecule has 1 aromatic carbocycles. The summed E-state index contributed by atoms with van der Waals surface area (Å²) in [6.45, 7) is 11.4. The van der Waals surface area contributed by atoms with E-state index in [1.165, 1.54) is 43.9 Å². The zero-order valence-corrected chi connectivity index (χ0v) is 12.4. The van der Waals surface area contributed by atoms with Crippen LogP contribution in [0.1, 0.15) is 26.7 Å². The minimum absolute atomic E-state index is 1.07. The van der Waals surface area contributed by atoms with Crippen LogP contribution in [0.15, 0.2) is 24.3 Å². The third kappa shape index (κ3) is 4.13. The Balaban J connectivity index is 1.84. The van der Waals surface area contributed by atoms with Crippen LogP contribution in [0.2, 0.25) is 0 Å². The van der Waals surface area contributed by atoms with Gasteiger partial charge in [-0.1, -0.05) is 20.3 Å². The van der Waals surface area contributed by atoms with E-state index in [4.69, 9.17) is 0 Å². The number of hydrogen-bond acceptors (Lipinski definition) is 3. The van der Waals surface area contributed by atoms with Gasteiger partial charge in [0.05, 0.1) is 0 Å². The van der Waals surface area contributed by atoms with Crippen LogP contribution in [0.5, 0.6) is 0 Å². The number of benzene rings is 1. The number of hydrogen-bond donors (Lipinski definition) is 1. The van der Waals surface area contributed by atoms with Crippen LogP contribution in [0.25, 0.3) is 0 Å². The van der Waals surface area contributed by atoms with Gasteiger partial charge in [0, 0.05) is 44.1 Å². The van der Waals surface area contributed by atoms with Gasteiger partial charge >= 0.3 is 0 Å². The summed E-state index contributed by atoms with van der Waals surface area (Å²) >= 11 is 0. The summed E-state index contributed by atoms with van der Waals surface area (Å²) in [6.07, 6.45) is 2.48. The zero-order valence-electron chi connectivity index (χ0n) is 12.4. The number of unbranched alkanes of at least 4 members (excludes halogenated alkanes) is 1. The average Bonchev–Trinajstić information content (AvgIpc) is 2.48. The Morgan fingerprint density at radius 3 is 2.26 bits per heavy atom. The molecule has 1 saturated heterocycles. The van der Waals surface area contributed by atoms with Crippen LogP contribution in [-0.4, -0.2) is 44.2 Å². The Morgan fingerprint density at radius 2 is 1.68 bits per heavy atom. The SMILES string of the molecule is CCCCNc1ccc(N2CCN(CC)CC2)cc1. The van der Waals surface area contributed by atoms with E-state index in [0.717, 1.165) is 19.6 Å². The maximum Gasteiger partial charge on any atom is 0.0368 e. The Bertz CT molecular complexity index is 353. The van der Waals surface area contributed by atoms with Gasteiger partial charge in [0.25, 0.3) is 0 Å². The molecule has 0 unspecified atom stereocenters. The van der Waals surface area contributed by atoms with E-state index in [2.05, 4.69) is 53.2 Å². The number of nitrogens with zero attached hydrogens (tertiary/aromatic N) is 2. The molecule has 1 fully saturated rings. The molecule has 0 saturated carbocycles. The quantitative estimate of drug-likeness (QED) is 0.794. The summed E-state index contributed by atoms with van der Waals surface area (Å²) < 4.78 is 0. The second-order valence-corrected chi connectivity index (χ2v) is 5.25. The molecule has 1 heterocycles. The maximum atomic E-state index is 3.47. The minimum atomic E-state index is 1.07. The minimum Gasteiger partial charge on any atom is -0.385 e. The van der Waals surface area contributed by atoms with Gasteiger partial charge in [-0.15, -0.1) is 0 Å². The third-order valence-electron chi connectivity index (χ3n) is 3.91. The topological polar surface area (TPSA) is 18.5 Å². The van der Waals surface area contributed by atoms with E-state index in [0.29, 0.717) is 0 Å². The van der Waals surface area contributed by atoms with Gasteiger partial charge in [0.1, 0.15) is 0 Å². The summed E-state index contributed by atoms with van der Waals surface area (Å²) in [6, 6.07) is 8.90. The van der Waals surface area contributed by atoms with Crippen molar-refractivity contribution < 1.29 is 0 Å². The summed E-state index contributed by atoms with van der Waals surface area (Å²) in [7, 11) is 0. The molecule has 3 nitrogen and oxygen atoms in total. The molecular weight excluding hydrogens is 234 g/mol. The Hall–Kier alpha value is -1.22. The fourth-order valence-corrected chi connectivity index (χ4v) is 2.52. The van der Waals surface area contributed by atoms with Crippen LogP contribution >= 0.6 is 0 Å². The molecule has 0 spiro atoms. The van der Waals surface area contributed by atoms with E-state index in [1.807, 2.05) is 0 Å². The van der Waals surface area contributed by atoms with Gasteiger partial charge in [-0.3, -0.25) is 0 Å². The summed E-state index contributed by atoms with van der Waals surface area (Å²) in [5.74, 6) is 0. The monoisotopic (exact) mass is 261 g/mol. The normalized spacial score (nSPS) is 16.6. The van der Waals surface area contributed by atoms with Crippen LogP contribution in [0.4, 0.5) is 11.4 Å². The van der Waals surface area contributed by atoms with Crippen molar-refractivity contribution in [1.82, 2.24) is 4.90 Å². The summed E-state index contributed by atoms with van der Waals surface area (Å²) in [5, 5.41) is 3.47. The molecule has 0 atom stereocenters. The second kappa shape index (κ2) is 7.39. The lowest BCUT2D eigenvalue weighted by atomic mass is 10.2. The van der Waals surface area contributed by atoms with Crippen molar-refractivity contribution in [2.45, 2.75) is 26.7 Å². The fraction of sp³-hybridized carbons (Fsp3) is 0.625. The molecule has 0 amide bonds. The van der Waals surface area contributed by atoms with Gasteiger partial charge in [-0.05, 0) is 37.2 Å². The van der Waals surface area contributed by atoms with Crippen molar-refractivity contribution in [2.24, 2.45) is 0 Å². The number of rotatable bonds is 6. The highest BCUT2D eigenvalue weighted by atomic mass is 15.3. The molecule has 1 aromatic rings. The lowest BCUT2D eigenvalue weighted by Crippen LogP contribution is -2.46. The third-order valence-corrected chi connectivity index (χ3v) is 3.91. The average molecular weight is 261 g/mol. The molecule has 0 radical (unpaired) electrons. The van der Waals surface area contributed by atoms with Gasteiger partial charge in [0.2, 0.25) is 0 Å². The van der Waals surface area contributed by atoms with E-state index >= 15 is 0 Å². The highest BCUT2D eigenvalue weighted by Crippen LogP contribution is 2.19. The number of nitrogens with one attached hydrogen (secondary N) is 1. The number of likely N-dealkylation sites (N-methyl/N-ethyl adjacent to an activating group) is 1. The zero-order chi connectivity index (χ0) is 13.5. The first-order chi connectivity index (χ1) is 9.33. The Kier molecular flexibility index (Phi) is 5.52. The highest BCUT2D eigenvalue weighted by Gasteiger charge is 2.15. The largest absolute Gasteiger partial charge is 0.385 e. The van der Waals surface area contributed by atoms with Crippen molar-refractivity contribution in [2.75, 3.05) is 49.5 Å². The molecule has 1 aliphatic rings. The number of anilines is 2. The van der Waals surface area contributed by atoms with Gasteiger partial charge in [0.15, 0.2) is 0 Å². The van der Waals surface area contributed by atoms with Crippen molar-refractivity contribution in [1.29, 1.82) is 0 Å². The van der Waals surface area contributed by atoms with Gasteiger partial charge < -0.3 is 15.1 Å². The van der Waals surface area contributed by atoms with Gasteiger partial charge in [-0.25, -0.2) is 0 Å². The predicted octanol–water partition coefficient (Wildman–Crippen LogP) is 3.04. The lowest BCUT2D eigenvalue weighted by Gasteiger charge is -2.35. The van der Waals surface area contributed by atoms with Crippen molar-refractivity contribution in [3.63, 3.8) is 0 Å². The Labute approximate surface area is 117 Å². The van der Waals surface area contributed by atoms with E-state index in [9.17, 15) is 0 Å².